The summed E-state index contributed by atoms with van der Waals surface area (Å²) >= 11 is 0. The van der Waals surface area contributed by atoms with Crippen LogP contribution in [0, 0.1) is 5.92 Å². The van der Waals surface area contributed by atoms with Gasteiger partial charge in [-0.25, -0.2) is 0 Å². The topological polar surface area (TPSA) is 32.5 Å². The van der Waals surface area contributed by atoms with Crippen molar-refractivity contribution in [2.75, 3.05) is 33.7 Å². The Balaban J connectivity index is 2.40. The standard InChI is InChI=1S/C15H33N3/c1-5-18(13(2)11-17(3)4)12-15(16)14-9-7-6-8-10-14/h13-15H,5-12,16H2,1-4H3. The first kappa shape index (κ1) is 15.9. The van der Waals surface area contributed by atoms with Crippen LogP contribution in [0.4, 0.5) is 0 Å². The second kappa shape index (κ2) is 8.13. The van der Waals surface area contributed by atoms with Gasteiger partial charge >= 0.3 is 0 Å². The molecule has 0 amide bonds. The lowest BCUT2D eigenvalue weighted by Crippen LogP contribution is -2.48. The van der Waals surface area contributed by atoms with E-state index in [1.165, 1.54) is 32.1 Å². The van der Waals surface area contributed by atoms with Crippen LogP contribution in [-0.2, 0) is 0 Å². The lowest BCUT2D eigenvalue weighted by molar-refractivity contribution is 0.150. The Morgan fingerprint density at radius 1 is 1.11 bits per heavy atom. The van der Waals surface area contributed by atoms with Crippen LogP contribution in [0.2, 0.25) is 0 Å². The molecular formula is C15H33N3. The van der Waals surface area contributed by atoms with Crippen LogP contribution in [0.1, 0.15) is 46.0 Å². The minimum atomic E-state index is 0.370. The molecule has 2 N–H and O–H groups in total. The van der Waals surface area contributed by atoms with Gasteiger partial charge in [0.15, 0.2) is 0 Å². The van der Waals surface area contributed by atoms with E-state index in [2.05, 4.69) is 37.7 Å². The zero-order valence-corrected chi connectivity index (χ0v) is 12.9. The molecule has 0 radical (unpaired) electrons. The van der Waals surface area contributed by atoms with E-state index in [-0.39, 0.29) is 0 Å². The number of likely N-dealkylation sites (N-methyl/N-ethyl adjacent to an activating group) is 2. The van der Waals surface area contributed by atoms with Gasteiger partial charge in [0.25, 0.3) is 0 Å². The van der Waals surface area contributed by atoms with E-state index >= 15 is 0 Å². The Labute approximate surface area is 114 Å². The summed E-state index contributed by atoms with van der Waals surface area (Å²) in [7, 11) is 4.29. The summed E-state index contributed by atoms with van der Waals surface area (Å²) in [5, 5.41) is 0. The van der Waals surface area contributed by atoms with Crippen molar-refractivity contribution in [3.05, 3.63) is 0 Å². The SMILES string of the molecule is CCN(CC(N)C1CCCCC1)C(C)CN(C)C. The van der Waals surface area contributed by atoms with Crippen LogP contribution in [0.25, 0.3) is 0 Å². The number of nitrogens with two attached hydrogens (primary N) is 1. The third-order valence-corrected chi connectivity index (χ3v) is 4.36. The van der Waals surface area contributed by atoms with Gasteiger partial charge in [-0.3, -0.25) is 4.90 Å². The van der Waals surface area contributed by atoms with Crippen LogP contribution >= 0.6 is 0 Å². The minimum absolute atomic E-state index is 0.370. The van der Waals surface area contributed by atoms with Gasteiger partial charge in [-0.15, -0.1) is 0 Å². The quantitative estimate of drug-likeness (QED) is 0.757. The van der Waals surface area contributed by atoms with Crippen LogP contribution in [0.15, 0.2) is 0 Å². The van der Waals surface area contributed by atoms with Gasteiger partial charge in [-0.1, -0.05) is 26.2 Å². The van der Waals surface area contributed by atoms with E-state index in [0.717, 1.165) is 25.6 Å². The van der Waals surface area contributed by atoms with Crippen molar-refractivity contribution in [1.29, 1.82) is 0 Å². The second-order valence-electron chi connectivity index (χ2n) is 6.26. The molecule has 1 aliphatic rings. The van der Waals surface area contributed by atoms with Gasteiger partial charge in [0.05, 0.1) is 0 Å². The van der Waals surface area contributed by atoms with E-state index < -0.39 is 0 Å². The lowest BCUT2D eigenvalue weighted by atomic mass is 9.84. The van der Waals surface area contributed by atoms with Crippen molar-refractivity contribution in [3.63, 3.8) is 0 Å². The zero-order valence-electron chi connectivity index (χ0n) is 12.9. The maximum atomic E-state index is 6.44. The Morgan fingerprint density at radius 3 is 2.22 bits per heavy atom. The zero-order chi connectivity index (χ0) is 13.5. The van der Waals surface area contributed by atoms with Crippen LogP contribution < -0.4 is 5.73 Å². The summed E-state index contributed by atoms with van der Waals surface area (Å²) in [5.41, 5.74) is 6.44. The summed E-state index contributed by atoms with van der Waals surface area (Å²) in [6, 6.07) is 0.967. The summed E-state index contributed by atoms with van der Waals surface area (Å²) < 4.78 is 0. The van der Waals surface area contributed by atoms with E-state index in [1.807, 2.05) is 0 Å². The highest BCUT2D eigenvalue weighted by Gasteiger charge is 2.23. The third kappa shape index (κ3) is 5.25. The summed E-state index contributed by atoms with van der Waals surface area (Å²) in [5.74, 6) is 0.763. The van der Waals surface area contributed by atoms with E-state index in [0.29, 0.717) is 12.1 Å². The molecule has 1 aliphatic carbocycles. The molecule has 0 saturated heterocycles. The van der Waals surface area contributed by atoms with Crippen molar-refractivity contribution < 1.29 is 0 Å². The molecule has 2 unspecified atom stereocenters. The summed E-state index contributed by atoms with van der Waals surface area (Å²) in [4.78, 5) is 4.80. The number of nitrogens with zero attached hydrogens (tertiary/aromatic N) is 2. The molecule has 0 aromatic heterocycles. The average molecular weight is 255 g/mol. The van der Waals surface area contributed by atoms with Gasteiger partial charge in [-0.2, -0.15) is 0 Å². The molecule has 2 atom stereocenters. The summed E-state index contributed by atoms with van der Waals surface area (Å²) in [6.07, 6.45) is 6.88. The first-order chi connectivity index (χ1) is 8.54. The minimum Gasteiger partial charge on any atom is -0.326 e. The smallest absolute Gasteiger partial charge is 0.0196 e. The van der Waals surface area contributed by atoms with Gasteiger partial charge in [0.1, 0.15) is 0 Å². The Hall–Kier alpha value is -0.120. The fourth-order valence-electron chi connectivity index (χ4n) is 3.25. The first-order valence-electron chi connectivity index (χ1n) is 7.69. The molecule has 108 valence electrons. The van der Waals surface area contributed by atoms with Crippen molar-refractivity contribution in [2.45, 2.75) is 58.0 Å². The number of hydrogen-bond acceptors (Lipinski definition) is 3. The van der Waals surface area contributed by atoms with Crippen LogP contribution in [0.3, 0.4) is 0 Å². The average Bonchev–Trinajstić information content (AvgIpc) is 2.35. The highest BCUT2D eigenvalue weighted by molar-refractivity contribution is 4.81. The van der Waals surface area contributed by atoms with Gasteiger partial charge in [-0.05, 0) is 46.3 Å². The van der Waals surface area contributed by atoms with Crippen molar-refractivity contribution in [3.8, 4) is 0 Å². The Kier molecular flexibility index (Phi) is 7.20. The van der Waals surface area contributed by atoms with Crippen LogP contribution in [-0.4, -0.2) is 55.6 Å². The van der Waals surface area contributed by atoms with Crippen molar-refractivity contribution in [1.82, 2.24) is 9.80 Å². The molecule has 0 heterocycles. The fraction of sp³-hybridized carbons (Fsp3) is 1.00. The molecule has 0 aliphatic heterocycles. The monoisotopic (exact) mass is 255 g/mol. The highest BCUT2D eigenvalue weighted by Crippen LogP contribution is 2.26. The molecule has 3 heteroatoms. The van der Waals surface area contributed by atoms with Crippen molar-refractivity contribution in [2.24, 2.45) is 11.7 Å². The molecule has 1 fully saturated rings. The van der Waals surface area contributed by atoms with Gasteiger partial charge in [0, 0.05) is 25.2 Å². The molecule has 0 aromatic carbocycles. The molecule has 0 aromatic rings. The predicted octanol–water partition coefficient (Wildman–Crippen LogP) is 2.17. The molecule has 1 saturated carbocycles. The lowest BCUT2D eigenvalue weighted by Gasteiger charge is -2.35. The molecule has 18 heavy (non-hydrogen) atoms. The van der Waals surface area contributed by atoms with E-state index in [9.17, 15) is 0 Å². The van der Waals surface area contributed by atoms with E-state index in [1.54, 1.807) is 0 Å². The maximum absolute atomic E-state index is 6.44. The largest absolute Gasteiger partial charge is 0.326 e. The van der Waals surface area contributed by atoms with Crippen molar-refractivity contribution >= 4 is 0 Å². The Morgan fingerprint density at radius 2 is 1.72 bits per heavy atom. The van der Waals surface area contributed by atoms with Gasteiger partial charge in [0.2, 0.25) is 0 Å². The second-order valence-corrected chi connectivity index (χ2v) is 6.26. The maximum Gasteiger partial charge on any atom is 0.0196 e. The Bertz CT molecular complexity index is 212. The normalized spacial score (nSPS) is 21.5. The number of rotatable bonds is 7. The first-order valence-corrected chi connectivity index (χ1v) is 7.69. The highest BCUT2D eigenvalue weighted by atomic mass is 15.2. The van der Waals surface area contributed by atoms with Crippen LogP contribution in [0.5, 0.6) is 0 Å². The molecular weight excluding hydrogens is 222 g/mol. The predicted molar refractivity (Wildman–Crippen MR) is 79.8 cm³/mol. The molecule has 0 bridgehead atoms. The molecule has 0 spiro atoms. The fourth-order valence-corrected chi connectivity index (χ4v) is 3.25. The number of hydrogen-bond donors (Lipinski definition) is 1. The van der Waals surface area contributed by atoms with Gasteiger partial charge < -0.3 is 10.6 Å². The van der Waals surface area contributed by atoms with E-state index in [4.69, 9.17) is 5.73 Å². The third-order valence-electron chi connectivity index (χ3n) is 4.36. The molecule has 1 rings (SSSR count). The summed E-state index contributed by atoms with van der Waals surface area (Å²) in [6.45, 7) is 7.85. The molecule has 3 nitrogen and oxygen atoms in total.